The number of ether oxygens (including phenoxy) is 1. The van der Waals surface area contributed by atoms with Crippen molar-refractivity contribution in [2.45, 2.75) is 386 Å². The Kier molecular flexibility index (Phi) is 63.9. The van der Waals surface area contributed by atoms with Gasteiger partial charge < -0.3 is 20.3 Å². The number of nitrogens with one attached hydrogen (secondary N) is 1. The monoisotopic (exact) mass is 1070 g/mol. The molecule has 6 heteroatoms. The molecule has 0 rings (SSSR count). The molecule has 0 radical (unpaired) electrons. The first-order valence-electron chi connectivity index (χ1n) is 34.2. The first-order valence-corrected chi connectivity index (χ1v) is 34.2. The summed E-state index contributed by atoms with van der Waals surface area (Å²) in [5.74, 6) is -0.0261. The van der Waals surface area contributed by atoms with E-state index < -0.39 is 12.1 Å². The summed E-state index contributed by atoms with van der Waals surface area (Å²) < 4.78 is 5.48. The highest BCUT2D eigenvalue weighted by atomic mass is 16.5. The highest BCUT2D eigenvalue weighted by Crippen LogP contribution is 2.18. The molecule has 0 fully saturated rings. The number of amides is 1. The first kappa shape index (κ1) is 74.1. The predicted octanol–water partition coefficient (Wildman–Crippen LogP) is 21.9. The SMILES string of the molecule is CCC/C=C\C/C=C\CCCCCCCC(=O)OCCCCCCCCCCCCCCCC/C=C\CCCCCCCCCCCCCCCCCCCC(=O)NC(CO)C(O)CCCCCCCCCCCCC. The number of rotatable bonds is 64. The third kappa shape index (κ3) is 61.3. The van der Waals surface area contributed by atoms with Crippen molar-refractivity contribution in [2.24, 2.45) is 0 Å². The third-order valence-corrected chi connectivity index (χ3v) is 15.9. The fraction of sp³-hybridized carbons (Fsp3) is 0.886. The minimum Gasteiger partial charge on any atom is -0.466 e. The van der Waals surface area contributed by atoms with Crippen LogP contribution in [0.25, 0.3) is 0 Å². The van der Waals surface area contributed by atoms with E-state index in [1.165, 1.54) is 289 Å². The molecule has 0 saturated carbocycles. The Bertz CT molecular complexity index is 1230. The van der Waals surface area contributed by atoms with Crippen LogP contribution in [0.4, 0.5) is 0 Å². The van der Waals surface area contributed by atoms with Crippen LogP contribution in [-0.2, 0) is 14.3 Å². The van der Waals surface area contributed by atoms with Crippen LogP contribution in [0.15, 0.2) is 36.5 Å². The van der Waals surface area contributed by atoms with Crippen LogP contribution in [0.3, 0.4) is 0 Å². The van der Waals surface area contributed by atoms with E-state index in [0.717, 1.165) is 51.4 Å². The van der Waals surface area contributed by atoms with Gasteiger partial charge in [0.2, 0.25) is 5.91 Å². The molecule has 0 aromatic rings. The first-order chi connectivity index (χ1) is 37.5. The van der Waals surface area contributed by atoms with Crippen LogP contribution in [0.2, 0.25) is 0 Å². The molecule has 3 N–H and O–H groups in total. The van der Waals surface area contributed by atoms with E-state index in [9.17, 15) is 19.8 Å². The molecule has 0 spiro atoms. The van der Waals surface area contributed by atoms with Gasteiger partial charge in [-0.1, -0.05) is 320 Å². The Hall–Kier alpha value is -1.92. The molecule has 6 nitrogen and oxygen atoms in total. The van der Waals surface area contributed by atoms with Crippen LogP contribution in [0, 0.1) is 0 Å². The van der Waals surface area contributed by atoms with Gasteiger partial charge in [-0.15, -0.1) is 0 Å². The number of hydrogen-bond acceptors (Lipinski definition) is 5. The topological polar surface area (TPSA) is 95.9 Å². The van der Waals surface area contributed by atoms with Gasteiger partial charge in [0.1, 0.15) is 0 Å². The summed E-state index contributed by atoms with van der Waals surface area (Å²) >= 11 is 0. The summed E-state index contributed by atoms with van der Waals surface area (Å²) in [6.07, 6.45) is 83.5. The van der Waals surface area contributed by atoms with Crippen molar-refractivity contribution in [3.05, 3.63) is 36.5 Å². The summed E-state index contributed by atoms with van der Waals surface area (Å²) in [5, 5.41) is 23.2. The number of unbranched alkanes of at least 4 members (excludes halogenated alkanes) is 47. The Labute approximate surface area is 474 Å². The van der Waals surface area contributed by atoms with E-state index in [4.69, 9.17) is 4.74 Å². The Morgan fingerprint density at radius 2 is 0.684 bits per heavy atom. The molecule has 2 atom stereocenters. The fourth-order valence-corrected chi connectivity index (χ4v) is 10.7. The maximum atomic E-state index is 12.5. The second kappa shape index (κ2) is 65.6. The zero-order chi connectivity index (χ0) is 55.0. The normalized spacial score (nSPS) is 12.7. The van der Waals surface area contributed by atoms with Crippen LogP contribution in [0.5, 0.6) is 0 Å². The van der Waals surface area contributed by atoms with Crippen molar-refractivity contribution in [3.8, 4) is 0 Å². The maximum absolute atomic E-state index is 12.5. The molecule has 0 heterocycles. The Balaban J connectivity index is 3.32. The molecule has 0 saturated heterocycles. The molecule has 0 aliphatic rings. The summed E-state index contributed by atoms with van der Waals surface area (Å²) in [4.78, 5) is 24.5. The molecule has 0 bridgehead atoms. The summed E-state index contributed by atoms with van der Waals surface area (Å²) in [6, 6.07) is -0.537. The lowest BCUT2D eigenvalue weighted by atomic mass is 10.0. The minimum atomic E-state index is -0.660. The Morgan fingerprint density at radius 3 is 1.07 bits per heavy atom. The van der Waals surface area contributed by atoms with Gasteiger partial charge in [-0.2, -0.15) is 0 Å². The van der Waals surface area contributed by atoms with E-state index >= 15 is 0 Å². The van der Waals surface area contributed by atoms with Crippen molar-refractivity contribution in [1.29, 1.82) is 0 Å². The van der Waals surface area contributed by atoms with Crippen LogP contribution < -0.4 is 5.32 Å². The van der Waals surface area contributed by atoms with Gasteiger partial charge in [0, 0.05) is 12.8 Å². The molecule has 2 unspecified atom stereocenters. The van der Waals surface area contributed by atoms with Gasteiger partial charge in [-0.25, -0.2) is 0 Å². The summed E-state index contributed by atoms with van der Waals surface area (Å²) in [7, 11) is 0. The second-order valence-corrected chi connectivity index (χ2v) is 23.5. The average Bonchev–Trinajstić information content (AvgIpc) is 3.42. The number of esters is 1. The van der Waals surface area contributed by atoms with E-state index in [1.54, 1.807) is 0 Å². The van der Waals surface area contributed by atoms with Crippen LogP contribution in [-0.4, -0.2) is 47.4 Å². The van der Waals surface area contributed by atoms with Crippen molar-refractivity contribution in [3.63, 3.8) is 0 Å². The second-order valence-electron chi connectivity index (χ2n) is 23.5. The minimum absolute atomic E-state index is 0.00484. The molecule has 0 aromatic heterocycles. The molecule has 0 aromatic carbocycles. The number of aliphatic hydroxyl groups excluding tert-OH is 2. The quantitative estimate of drug-likeness (QED) is 0.0320. The number of allylic oxidation sites excluding steroid dienone is 6. The van der Waals surface area contributed by atoms with Gasteiger partial charge in [-0.05, 0) is 77.0 Å². The van der Waals surface area contributed by atoms with Crippen molar-refractivity contribution < 1.29 is 24.5 Å². The van der Waals surface area contributed by atoms with Gasteiger partial charge in [0.25, 0.3) is 0 Å². The van der Waals surface area contributed by atoms with Gasteiger partial charge in [-0.3, -0.25) is 9.59 Å². The summed E-state index contributed by atoms with van der Waals surface area (Å²) in [5.41, 5.74) is 0. The molecule has 448 valence electrons. The molecule has 1 amide bonds. The van der Waals surface area contributed by atoms with E-state index in [2.05, 4.69) is 55.6 Å². The number of aliphatic hydroxyl groups is 2. The van der Waals surface area contributed by atoms with Crippen molar-refractivity contribution in [1.82, 2.24) is 5.32 Å². The highest BCUT2D eigenvalue weighted by molar-refractivity contribution is 5.76. The zero-order valence-corrected chi connectivity index (χ0v) is 51.3. The zero-order valence-electron chi connectivity index (χ0n) is 51.3. The number of carbonyl (C=O) groups is 2. The molecular weight excluding hydrogens is 935 g/mol. The highest BCUT2D eigenvalue weighted by Gasteiger charge is 2.20. The molecule has 76 heavy (non-hydrogen) atoms. The van der Waals surface area contributed by atoms with E-state index in [1.807, 2.05) is 0 Å². The average molecular weight is 1070 g/mol. The van der Waals surface area contributed by atoms with Crippen LogP contribution >= 0.6 is 0 Å². The van der Waals surface area contributed by atoms with E-state index in [0.29, 0.717) is 25.9 Å². The molecule has 0 aliphatic heterocycles. The van der Waals surface area contributed by atoms with E-state index in [-0.39, 0.29) is 18.5 Å². The molecular formula is C70H133NO5. The third-order valence-electron chi connectivity index (χ3n) is 15.9. The smallest absolute Gasteiger partial charge is 0.305 e. The van der Waals surface area contributed by atoms with Crippen molar-refractivity contribution >= 4 is 11.9 Å². The largest absolute Gasteiger partial charge is 0.466 e. The lowest BCUT2D eigenvalue weighted by Gasteiger charge is -2.22. The van der Waals surface area contributed by atoms with Gasteiger partial charge in [0.05, 0.1) is 25.4 Å². The lowest BCUT2D eigenvalue weighted by molar-refractivity contribution is -0.143. The summed E-state index contributed by atoms with van der Waals surface area (Å²) in [6.45, 7) is 4.90. The number of hydrogen-bond donors (Lipinski definition) is 3. The maximum Gasteiger partial charge on any atom is 0.305 e. The van der Waals surface area contributed by atoms with Crippen molar-refractivity contribution in [2.75, 3.05) is 13.2 Å². The standard InChI is InChI=1S/C70H133NO5/c1-3-5-7-9-11-13-15-39-44-48-52-56-60-64-70(75)76-65-61-57-53-49-45-41-38-36-34-32-30-28-26-24-22-20-18-16-17-19-21-23-25-27-29-31-33-35-37-40-43-47-51-55-59-63-69(74)71-67(66-72)68(73)62-58-54-50-46-42-14-12-10-8-6-4-2/h7,9,13,15,18,20,67-68,72-73H,3-6,8,10-12,14,16-17,19,21-66H2,1-2H3,(H,71,74)/b9-7-,15-13-,20-18-. The fourth-order valence-electron chi connectivity index (χ4n) is 10.7. The Morgan fingerprint density at radius 1 is 0.368 bits per heavy atom. The predicted molar refractivity (Wildman–Crippen MR) is 333 cm³/mol. The lowest BCUT2D eigenvalue weighted by Crippen LogP contribution is -2.45. The molecule has 0 aliphatic carbocycles. The number of carbonyl (C=O) groups excluding carboxylic acids is 2. The van der Waals surface area contributed by atoms with Gasteiger partial charge in [0.15, 0.2) is 0 Å². The van der Waals surface area contributed by atoms with Crippen LogP contribution in [0.1, 0.15) is 373 Å². The van der Waals surface area contributed by atoms with Gasteiger partial charge >= 0.3 is 5.97 Å².